The van der Waals surface area contributed by atoms with Crippen molar-refractivity contribution in [3.8, 4) is 11.5 Å². The minimum Gasteiger partial charge on any atom is -0.506 e. The summed E-state index contributed by atoms with van der Waals surface area (Å²) in [7, 11) is 1.56. The Morgan fingerprint density at radius 1 is 1.22 bits per heavy atom. The third kappa shape index (κ3) is 2.82. The molecule has 0 aliphatic rings. The lowest BCUT2D eigenvalue weighted by atomic mass is 10.2. The molecule has 0 radical (unpaired) electrons. The molecule has 0 unspecified atom stereocenters. The van der Waals surface area contributed by atoms with Gasteiger partial charge in [-0.1, -0.05) is 0 Å². The highest BCUT2D eigenvalue weighted by Crippen LogP contribution is 2.32. The Bertz CT molecular complexity index is 898. The molecule has 1 aromatic heterocycles. The molecule has 8 nitrogen and oxygen atoms in total. The summed E-state index contributed by atoms with van der Waals surface area (Å²) in [6.45, 7) is 0. The molecule has 2 N–H and O–H groups in total. The number of nitrogens with zero attached hydrogens (tertiary/aromatic N) is 3. The molecule has 3 rings (SSSR count). The monoisotopic (exact) mass is 312 g/mol. The van der Waals surface area contributed by atoms with Gasteiger partial charge in [0.05, 0.1) is 23.2 Å². The van der Waals surface area contributed by atoms with E-state index in [0.717, 1.165) is 0 Å². The zero-order valence-electron chi connectivity index (χ0n) is 12.1. The van der Waals surface area contributed by atoms with E-state index in [0.29, 0.717) is 22.5 Å². The molecule has 116 valence electrons. The molecule has 1 heterocycles. The highest BCUT2D eigenvalue weighted by Gasteiger charge is 2.12. The van der Waals surface area contributed by atoms with Gasteiger partial charge in [-0.05, 0) is 18.2 Å². The standard InChI is InChI=1S/C15H12N4O4/c1-23-10-3-4-11-12(7-10)16-8-17-15(11)18-13-6-9(19(21)22)2-5-14(13)20/h2-8,20H,1H3,(H,16,17,18). The Hall–Kier alpha value is -3.42. The third-order valence-corrected chi connectivity index (χ3v) is 3.29. The zero-order valence-corrected chi connectivity index (χ0v) is 12.1. The third-order valence-electron chi connectivity index (χ3n) is 3.29. The number of fused-ring (bicyclic) bond motifs is 1. The molecule has 0 spiro atoms. The number of phenolic OH excluding ortho intramolecular Hbond substituents is 1. The van der Waals surface area contributed by atoms with Crippen molar-refractivity contribution in [3.63, 3.8) is 0 Å². The number of benzene rings is 2. The lowest BCUT2D eigenvalue weighted by Gasteiger charge is -2.10. The number of nitro benzene ring substituents is 1. The van der Waals surface area contributed by atoms with Gasteiger partial charge in [0.1, 0.15) is 23.6 Å². The first-order chi connectivity index (χ1) is 11.1. The van der Waals surface area contributed by atoms with Crippen LogP contribution in [0.15, 0.2) is 42.7 Å². The number of aromatic nitrogens is 2. The molecule has 8 heteroatoms. The van der Waals surface area contributed by atoms with Crippen LogP contribution in [-0.2, 0) is 0 Å². The summed E-state index contributed by atoms with van der Waals surface area (Å²) in [5, 5.41) is 24.3. The molecule has 2 aromatic carbocycles. The van der Waals surface area contributed by atoms with E-state index in [-0.39, 0.29) is 17.1 Å². The van der Waals surface area contributed by atoms with Crippen molar-refractivity contribution >= 4 is 28.1 Å². The smallest absolute Gasteiger partial charge is 0.271 e. The van der Waals surface area contributed by atoms with Crippen molar-refractivity contribution in [3.05, 3.63) is 52.8 Å². The van der Waals surface area contributed by atoms with Crippen LogP contribution in [0.25, 0.3) is 10.9 Å². The molecule has 23 heavy (non-hydrogen) atoms. The molecule has 0 atom stereocenters. The second-order valence-corrected chi connectivity index (χ2v) is 4.69. The van der Waals surface area contributed by atoms with E-state index in [9.17, 15) is 15.2 Å². The van der Waals surface area contributed by atoms with Gasteiger partial charge in [-0.2, -0.15) is 0 Å². The fraction of sp³-hybridized carbons (Fsp3) is 0.0667. The van der Waals surface area contributed by atoms with Crippen LogP contribution in [-0.4, -0.2) is 27.1 Å². The molecule has 0 saturated heterocycles. The maximum Gasteiger partial charge on any atom is 0.271 e. The Morgan fingerprint density at radius 3 is 2.78 bits per heavy atom. The van der Waals surface area contributed by atoms with Gasteiger partial charge >= 0.3 is 0 Å². The number of nitro groups is 1. The van der Waals surface area contributed by atoms with Gasteiger partial charge in [-0.3, -0.25) is 10.1 Å². The quantitative estimate of drug-likeness (QED) is 0.433. The fourth-order valence-corrected chi connectivity index (χ4v) is 2.13. The van der Waals surface area contributed by atoms with Crippen molar-refractivity contribution in [2.75, 3.05) is 12.4 Å². The van der Waals surface area contributed by atoms with E-state index in [4.69, 9.17) is 4.74 Å². The number of rotatable bonds is 4. The summed E-state index contributed by atoms with van der Waals surface area (Å²) in [5.41, 5.74) is 0.701. The van der Waals surface area contributed by atoms with Crippen LogP contribution in [0, 0.1) is 10.1 Å². The summed E-state index contributed by atoms with van der Waals surface area (Å²) >= 11 is 0. The first-order valence-corrected chi connectivity index (χ1v) is 6.61. The summed E-state index contributed by atoms with van der Waals surface area (Å²) in [6.07, 6.45) is 1.36. The number of nitrogens with one attached hydrogen (secondary N) is 1. The van der Waals surface area contributed by atoms with Crippen molar-refractivity contribution in [1.82, 2.24) is 9.97 Å². The predicted molar refractivity (Wildman–Crippen MR) is 84.1 cm³/mol. The van der Waals surface area contributed by atoms with E-state index in [2.05, 4.69) is 15.3 Å². The van der Waals surface area contributed by atoms with Crippen LogP contribution >= 0.6 is 0 Å². The van der Waals surface area contributed by atoms with E-state index in [1.165, 1.54) is 24.5 Å². The van der Waals surface area contributed by atoms with Gasteiger partial charge in [0.25, 0.3) is 5.69 Å². The average Bonchev–Trinajstić information content (AvgIpc) is 2.56. The minimum atomic E-state index is -0.534. The SMILES string of the molecule is COc1ccc2c(Nc3cc([N+](=O)[O-])ccc3O)ncnc2c1. The Kier molecular flexibility index (Phi) is 3.63. The number of aromatic hydroxyl groups is 1. The molecule has 3 aromatic rings. The maximum atomic E-state index is 10.9. The Labute approximate surface area is 130 Å². The number of methoxy groups -OCH3 is 1. The number of ether oxygens (including phenoxy) is 1. The predicted octanol–water partition coefficient (Wildman–Crippen LogP) is 3.00. The second kappa shape index (κ2) is 5.76. The molecule has 0 aliphatic carbocycles. The van der Waals surface area contributed by atoms with Crippen LogP contribution < -0.4 is 10.1 Å². The Morgan fingerprint density at radius 2 is 2.04 bits per heavy atom. The molecule has 0 amide bonds. The minimum absolute atomic E-state index is 0.115. The van der Waals surface area contributed by atoms with Crippen LogP contribution in [0.5, 0.6) is 11.5 Å². The summed E-state index contributed by atoms with van der Waals surface area (Å²) in [4.78, 5) is 18.6. The van der Waals surface area contributed by atoms with E-state index in [1.54, 1.807) is 25.3 Å². The maximum absolute atomic E-state index is 10.9. The van der Waals surface area contributed by atoms with E-state index < -0.39 is 4.92 Å². The van der Waals surface area contributed by atoms with Crippen LogP contribution in [0.1, 0.15) is 0 Å². The van der Waals surface area contributed by atoms with Gasteiger partial charge in [-0.15, -0.1) is 0 Å². The fourth-order valence-electron chi connectivity index (χ4n) is 2.13. The zero-order chi connectivity index (χ0) is 16.4. The van der Waals surface area contributed by atoms with E-state index >= 15 is 0 Å². The van der Waals surface area contributed by atoms with Crippen molar-refractivity contribution < 1.29 is 14.8 Å². The number of hydrogen-bond acceptors (Lipinski definition) is 7. The molecule has 0 fully saturated rings. The van der Waals surface area contributed by atoms with E-state index in [1.807, 2.05) is 0 Å². The molecule has 0 aliphatic heterocycles. The van der Waals surface area contributed by atoms with Crippen molar-refractivity contribution in [2.24, 2.45) is 0 Å². The van der Waals surface area contributed by atoms with Crippen molar-refractivity contribution in [1.29, 1.82) is 0 Å². The van der Waals surface area contributed by atoms with Gasteiger partial charge in [-0.25, -0.2) is 9.97 Å². The number of hydrogen-bond donors (Lipinski definition) is 2. The summed E-state index contributed by atoms with van der Waals surface area (Å²) < 4.78 is 5.15. The highest BCUT2D eigenvalue weighted by molar-refractivity contribution is 5.92. The van der Waals surface area contributed by atoms with Crippen LogP contribution in [0.3, 0.4) is 0 Å². The first-order valence-electron chi connectivity index (χ1n) is 6.61. The van der Waals surface area contributed by atoms with Gasteiger partial charge < -0.3 is 15.2 Å². The second-order valence-electron chi connectivity index (χ2n) is 4.69. The Balaban J connectivity index is 2.05. The van der Waals surface area contributed by atoms with Crippen LogP contribution in [0.2, 0.25) is 0 Å². The summed E-state index contributed by atoms with van der Waals surface area (Å²) in [6, 6.07) is 8.99. The molecular weight excluding hydrogens is 300 g/mol. The van der Waals surface area contributed by atoms with Gasteiger partial charge in [0.15, 0.2) is 0 Å². The average molecular weight is 312 g/mol. The highest BCUT2D eigenvalue weighted by atomic mass is 16.6. The van der Waals surface area contributed by atoms with Gasteiger partial charge in [0.2, 0.25) is 0 Å². The van der Waals surface area contributed by atoms with Gasteiger partial charge in [0, 0.05) is 23.6 Å². The number of anilines is 2. The molecule has 0 saturated carbocycles. The van der Waals surface area contributed by atoms with Crippen molar-refractivity contribution in [2.45, 2.75) is 0 Å². The molecular formula is C15H12N4O4. The first kappa shape index (κ1) is 14.5. The largest absolute Gasteiger partial charge is 0.506 e. The summed E-state index contributed by atoms with van der Waals surface area (Å²) in [5.74, 6) is 0.963. The molecule has 0 bridgehead atoms. The lowest BCUT2D eigenvalue weighted by molar-refractivity contribution is -0.384. The number of phenols is 1. The normalized spacial score (nSPS) is 10.5. The topological polar surface area (TPSA) is 110 Å². The lowest BCUT2D eigenvalue weighted by Crippen LogP contribution is -1.98. The number of non-ortho nitro benzene ring substituents is 1. The van der Waals surface area contributed by atoms with Crippen LogP contribution in [0.4, 0.5) is 17.2 Å².